The largest absolute Gasteiger partial charge is 0.233 e. The summed E-state index contributed by atoms with van der Waals surface area (Å²) in [6.07, 6.45) is 4.48. The van der Waals surface area contributed by atoms with Crippen LogP contribution in [0.3, 0.4) is 0 Å². The molecule has 3 heteroatoms. The second-order valence-electron chi connectivity index (χ2n) is 1.57. The summed E-state index contributed by atoms with van der Waals surface area (Å²) in [5.74, 6) is 0. The van der Waals surface area contributed by atoms with Crippen molar-refractivity contribution in [1.29, 1.82) is 0 Å². The minimum Gasteiger partial charge on any atom is -0.233 e. The highest BCUT2D eigenvalue weighted by atomic mass is 35.5. The van der Waals surface area contributed by atoms with Gasteiger partial charge in [-0.3, -0.25) is 0 Å². The molecule has 0 amide bonds. The lowest BCUT2D eigenvalue weighted by Crippen LogP contribution is -1.67. The van der Waals surface area contributed by atoms with E-state index in [0.29, 0.717) is 4.47 Å². The molecule has 0 fully saturated rings. The molecule has 0 radical (unpaired) electrons. The number of hydrogen-bond acceptors (Lipinski definition) is 2. The molecule has 9 heavy (non-hydrogen) atoms. The topological polar surface area (TPSA) is 12.9 Å². The maximum Gasteiger partial charge on any atom is 0.183 e. The number of nitrogens with zero attached hydrogens (tertiary/aromatic N) is 1. The third kappa shape index (κ3) is 1.80. The van der Waals surface area contributed by atoms with Crippen LogP contribution in [0, 0.1) is 0 Å². The van der Waals surface area contributed by atoms with Gasteiger partial charge in [0.2, 0.25) is 0 Å². The summed E-state index contributed by atoms with van der Waals surface area (Å²) in [6.45, 7) is 3.60. The molecule has 0 aliphatic carbocycles. The second-order valence-corrected chi connectivity index (χ2v) is 3.27. The summed E-state index contributed by atoms with van der Waals surface area (Å²) >= 11 is 7.06. The molecule has 0 aromatic carbocycles. The molecular weight excluding hydrogens is 154 g/mol. The summed E-state index contributed by atoms with van der Waals surface area (Å²) in [5.41, 5.74) is 0. The van der Waals surface area contributed by atoms with Crippen LogP contribution < -0.4 is 0 Å². The lowest BCUT2D eigenvalue weighted by Gasteiger charge is -1.80. The quantitative estimate of drug-likeness (QED) is 0.605. The summed E-state index contributed by atoms with van der Waals surface area (Å²) in [6, 6.07) is 0. The molecule has 0 atom stereocenters. The highest BCUT2D eigenvalue weighted by Gasteiger charge is 1.94. The Morgan fingerprint density at radius 2 is 2.67 bits per heavy atom. The zero-order chi connectivity index (χ0) is 6.69. The summed E-state index contributed by atoms with van der Waals surface area (Å²) < 4.78 is 0.604. The van der Waals surface area contributed by atoms with Gasteiger partial charge in [-0.15, -0.1) is 17.9 Å². The number of aromatic nitrogens is 1. The van der Waals surface area contributed by atoms with Crippen LogP contribution in [-0.4, -0.2) is 4.98 Å². The predicted octanol–water partition coefficient (Wildman–Crippen LogP) is 2.53. The smallest absolute Gasteiger partial charge is 0.183 e. The molecule has 1 nitrogen and oxygen atoms in total. The Morgan fingerprint density at radius 1 is 1.89 bits per heavy atom. The van der Waals surface area contributed by atoms with E-state index < -0.39 is 0 Å². The maximum atomic E-state index is 5.57. The van der Waals surface area contributed by atoms with Crippen molar-refractivity contribution in [1.82, 2.24) is 4.98 Å². The Bertz CT molecular complexity index is 207. The molecule has 0 spiro atoms. The van der Waals surface area contributed by atoms with Crippen molar-refractivity contribution >= 4 is 22.9 Å². The number of thiazole rings is 1. The molecule has 1 heterocycles. The monoisotopic (exact) mass is 159 g/mol. The maximum absolute atomic E-state index is 5.57. The van der Waals surface area contributed by atoms with E-state index in [1.807, 2.05) is 6.08 Å². The van der Waals surface area contributed by atoms with E-state index in [1.54, 1.807) is 6.20 Å². The minimum atomic E-state index is 0.604. The highest BCUT2D eigenvalue weighted by molar-refractivity contribution is 7.15. The Balaban J connectivity index is 2.72. The van der Waals surface area contributed by atoms with E-state index in [0.717, 1.165) is 11.3 Å². The van der Waals surface area contributed by atoms with Crippen LogP contribution in [0.15, 0.2) is 18.9 Å². The van der Waals surface area contributed by atoms with Gasteiger partial charge in [-0.1, -0.05) is 17.7 Å². The fraction of sp³-hybridized carbons (Fsp3) is 0.167. The van der Waals surface area contributed by atoms with Crippen LogP contribution in [0.1, 0.15) is 4.88 Å². The standard InChI is InChI=1S/C6H6ClNS/c1-2-3-5-4-8-6(7)9-5/h2,4H,1,3H2. The van der Waals surface area contributed by atoms with Crippen LogP contribution in [0.2, 0.25) is 4.47 Å². The lowest BCUT2D eigenvalue weighted by atomic mass is 10.4. The summed E-state index contributed by atoms with van der Waals surface area (Å²) in [7, 11) is 0. The number of rotatable bonds is 2. The molecule has 1 rings (SSSR count). The van der Waals surface area contributed by atoms with Crippen molar-refractivity contribution in [2.24, 2.45) is 0 Å². The Labute approximate surface area is 63.0 Å². The van der Waals surface area contributed by atoms with Crippen molar-refractivity contribution in [2.75, 3.05) is 0 Å². The van der Waals surface area contributed by atoms with Crippen molar-refractivity contribution in [3.8, 4) is 0 Å². The first-order valence-electron chi connectivity index (χ1n) is 2.54. The Hall–Kier alpha value is -0.340. The number of hydrogen-bond donors (Lipinski definition) is 0. The van der Waals surface area contributed by atoms with Gasteiger partial charge in [0.1, 0.15) is 0 Å². The third-order valence-electron chi connectivity index (χ3n) is 0.871. The molecule has 0 unspecified atom stereocenters. The molecule has 48 valence electrons. The SMILES string of the molecule is C=CCc1cnc(Cl)s1. The Kier molecular flexibility index (Phi) is 2.25. The first-order valence-corrected chi connectivity index (χ1v) is 3.73. The molecule has 0 N–H and O–H groups in total. The second kappa shape index (κ2) is 2.99. The van der Waals surface area contributed by atoms with Crippen molar-refractivity contribution in [3.05, 3.63) is 28.2 Å². The molecule has 0 bridgehead atoms. The lowest BCUT2D eigenvalue weighted by molar-refractivity contribution is 1.30. The summed E-state index contributed by atoms with van der Waals surface area (Å²) in [4.78, 5) is 5.03. The predicted molar refractivity (Wildman–Crippen MR) is 41.0 cm³/mol. The van der Waals surface area contributed by atoms with Gasteiger partial charge < -0.3 is 0 Å². The molecule has 0 aliphatic rings. The van der Waals surface area contributed by atoms with Crippen LogP contribution in [0.5, 0.6) is 0 Å². The van der Waals surface area contributed by atoms with Crippen LogP contribution in [0.4, 0.5) is 0 Å². The van der Waals surface area contributed by atoms with Crippen molar-refractivity contribution in [2.45, 2.75) is 6.42 Å². The fourth-order valence-corrected chi connectivity index (χ4v) is 1.49. The van der Waals surface area contributed by atoms with Gasteiger partial charge in [0.15, 0.2) is 4.47 Å². The highest BCUT2D eigenvalue weighted by Crippen LogP contribution is 2.17. The Morgan fingerprint density at radius 3 is 3.11 bits per heavy atom. The molecule has 0 saturated carbocycles. The van der Waals surface area contributed by atoms with Gasteiger partial charge in [0.05, 0.1) is 0 Å². The average molecular weight is 160 g/mol. The van der Waals surface area contributed by atoms with E-state index in [2.05, 4.69) is 11.6 Å². The first-order chi connectivity index (χ1) is 4.33. The zero-order valence-corrected chi connectivity index (χ0v) is 6.37. The van der Waals surface area contributed by atoms with Gasteiger partial charge in [-0.25, -0.2) is 4.98 Å². The van der Waals surface area contributed by atoms with E-state index in [9.17, 15) is 0 Å². The van der Waals surface area contributed by atoms with E-state index in [1.165, 1.54) is 11.3 Å². The molecule has 1 aromatic rings. The van der Waals surface area contributed by atoms with Crippen molar-refractivity contribution in [3.63, 3.8) is 0 Å². The van der Waals surface area contributed by atoms with Crippen molar-refractivity contribution < 1.29 is 0 Å². The summed E-state index contributed by atoms with van der Waals surface area (Å²) in [5, 5.41) is 0. The van der Waals surface area contributed by atoms with Crippen LogP contribution in [0.25, 0.3) is 0 Å². The van der Waals surface area contributed by atoms with E-state index >= 15 is 0 Å². The molecule has 0 aliphatic heterocycles. The van der Waals surface area contributed by atoms with Crippen LogP contribution in [-0.2, 0) is 6.42 Å². The number of allylic oxidation sites excluding steroid dienone is 1. The van der Waals surface area contributed by atoms with Gasteiger partial charge in [0, 0.05) is 17.5 Å². The third-order valence-corrected chi connectivity index (χ3v) is 2.01. The normalized spacial score (nSPS) is 9.44. The first kappa shape index (κ1) is 6.78. The van der Waals surface area contributed by atoms with Gasteiger partial charge in [-0.05, 0) is 0 Å². The van der Waals surface area contributed by atoms with E-state index in [4.69, 9.17) is 11.6 Å². The van der Waals surface area contributed by atoms with Gasteiger partial charge >= 0.3 is 0 Å². The average Bonchev–Trinajstić information content (AvgIpc) is 2.17. The molecule has 0 saturated heterocycles. The minimum absolute atomic E-state index is 0.604. The molecule has 1 aromatic heterocycles. The molecular formula is C6H6ClNS. The van der Waals surface area contributed by atoms with E-state index in [-0.39, 0.29) is 0 Å². The van der Waals surface area contributed by atoms with Gasteiger partial charge in [-0.2, -0.15) is 0 Å². The van der Waals surface area contributed by atoms with Crippen LogP contribution >= 0.6 is 22.9 Å². The number of halogens is 1. The fourth-order valence-electron chi connectivity index (χ4n) is 0.520. The zero-order valence-electron chi connectivity index (χ0n) is 4.80. The van der Waals surface area contributed by atoms with Gasteiger partial charge in [0.25, 0.3) is 0 Å².